The third kappa shape index (κ3) is 4.40. The van der Waals surface area contributed by atoms with Crippen LogP contribution in [0.5, 0.6) is 0 Å². The third-order valence-corrected chi connectivity index (χ3v) is 6.62. The number of para-hydroxylation sites is 1. The van der Waals surface area contributed by atoms with Crippen LogP contribution < -0.4 is 0 Å². The predicted octanol–water partition coefficient (Wildman–Crippen LogP) is 3.77. The van der Waals surface area contributed by atoms with E-state index in [1.165, 1.54) is 5.39 Å². The number of aryl methyl sites for hydroxylation is 1. The molecule has 1 fully saturated rings. The lowest BCUT2D eigenvalue weighted by Gasteiger charge is -2.33. The van der Waals surface area contributed by atoms with Crippen LogP contribution in [0.4, 0.5) is 0 Å². The van der Waals surface area contributed by atoms with E-state index in [9.17, 15) is 4.79 Å². The number of fused-ring (bicyclic) bond motifs is 2. The minimum atomic E-state index is -0.119. The molecular weight excluding hydrogens is 440 g/mol. The molecule has 5 aromatic rings. The topological polar surface area (TPSA) is 78.1 Å². The van der Waals surface area contributed by atoms with Gasteiger partial charge in [-0.1, -0.05) is 41.6 Å². The van der Waals surface area contributed by atoms with Gasteiger partial charge in [-0.25, -0.2) is 4.68 Å². The van der Waals surface area contributed by atoms with E-state index in [1.54, 1.807) is 10.9 Å². The zero-order chi connectivity index (χ0) is 23.6. The first-order valence-corrected chi connectivity index (χ1v) is 11.9. The number of aromatic nitrogens is 5. The Labute approximate surface area is 202 Å². The molecule has 1 atom stereocenters. The van der Waals surface area contributed by atoms with Crippen LogP contribution in [0.2, 0.25) is 0 Å². The Kier molecular flexibility index (Phi) is 5.71. The van der Waals surface area contributed by atoms with E-state index in [1.807, 2.05) is 53.7 Å². The number of carbonyl (C=O) groups excluding carboxylic acids is 1. The number of hydrogen-bond acceptors (Lipinski definition) is 5. The lowest BCUT2D eigenvalue weighted by Crippen LogP contribution is -2.47. The molecule has 1 aliphatic rings. The number of morpholine rings is 1. The van der Waals surface area contributed by atoms with E-state index in [4.69, 9.17) is 4.74 Å². The van der Waals surface area contributed by atoms with Gasteiger partial charge in [-0.15, -0.1) is 5.10 Å². The Balaban J connectivity index is 1.09. The zero-order valence-electron chi connectivity index (χ0n) is 19.3. The van der Waals surface area contributed by atoms with Crippen LogP contribution in [0, 0.1) is 0 Å². The smallest absolute Gasteiger partial charge is 0.224 e. The SMILES string of the molecule is O=C(CCn1ccc2ccccc21)N1CCOC(Cn2cc(-c3cccc4cnccc34)nn2)C1. The molecule has 0 saturated carbocycles. The molecule has 6 rings (SSSR count). The van der Waals surface area contributed by atoms with Crippen molar-refractivity contribution in [3.63, 3.8) is 0 Å². The van der Waals surface area contributed by atoms with Crippen molar-refractivity contribution in [2.24, 2.45) is 0 Å². The fraction of sp³-hybridized carbons (Fsp3) is 0.259. The van der Waals surface area contributed by atoms with Gasteiger partial charge in [-0.2, -0.15) is 0 Å². The number of pyridine rings is 1. The van der Waals surface area contributed by atoms with Gasteiger partial charge in [-0.3, -0.25) is 9.78 Å². The van der Waals surface area contributed by atoms with Gasteiger partial charge in [0.1, 0.15) is 5.69 Å². The van der Waals surface area contributed by atoms with E-state index < -0.39 is 0 Å². The summed E-state index contributed by atoms with van der Waals surface area (Å²) in [6.07, 6.45) is 7.98. The molecule has 0 radical (unpaired) electrons. The van der Waals surface area contributed by atoms with Gasteiger partial charge in [-0.05, 0) is 29.0 Å². The van der Waals surface area contributed by atoms with Crippen molar-refractivity contribution in [2.45, 2.75) is 25.6 Å². The minimum absolute atomic E-state index is 0.119. The molecule has 0 aliphatic carbocycles. The zero-order valence-corrected chi connectivity index (χ0v) is 19.3. The summed E-state index contributed by atoms with van der Waals surface area (Å²) < 4.78 is 9.91. The molecule has 1 aliphatic heterocycles. The Bertz CT molecular complexity index is 1480. The minimum Gasteiger partial charge on any atom is -0.373 e. The largest absolute Gasteiger partial charge is 0.373 e. The van der Waals surface area contributed by atoms with Crippen molar-refractivity contribution in [1.82, 2.24) is 29.4 Å². The highest BCUT2D eigenvalue weighted by Crippen LogP contribution is 2.26. The molecule has 1 unspecified atom stereocenters. The van der Waals surface area contributed by atoms with Gasteiger partial charge >= 0.3 is 0 Å². The van der Waals surface area contributed by atoms with Gasteiger partial charge in [0.05, 0.1) is 25.5 Å². The molecule has 2 aromatic carbocycles. The summed E-state index contributed by atoms with van der Waals surface area (Å²) in [5, 5.41) is 12.1. The van der Waals surface area contributed by atoms with Crippen molar-refractivity contribution in [3.8, 4) is 11.3 Å². The van der Waals surface area contributed by atoms with Crippen LogP contribution in [-0.4, -0.2) is 61.2 Å². The first kappa shape index (κ1) is 21.5. The third-order valence-electron chi connectivity index (χ3n) is 6.62. The van der Waals surface area contributed by atoms with Gasteiger partial charge in [0.15, 0.2) is 0 Å². The molecule has 35 heavy (non-hydrogen) atoms. The molecule has 0 spiro atoms. The summed E-state index contributed by atoms with van der Waals surface area (Å²) in [5.74, 6) is 0.153. The Morgan fingerprint density at radius 3 is 2.94 bits per heavy atom. The number of nitrogens with zero attached hydrogens (tertiary/aromatic N) is 6. The first-order chi connectivity index (χ1) is 17.2. The van der Waals surface area contributed by atoms with Crippen LogP contribution in [0.3, 0.4) is 0 Å². The molecule has 8 heteroatoms. The lowest BCUT2D eigenvalue weighted by atomic mass is 10.0. The van der Waals surface area contributed by atoms with Crippen molar-refractivity contribution in [1.29, 1.82) is 0 Å². The second-order valence-electron chi connectivity index (χ2n) is 8.88. The highest BCUT2D eigenvalue weighted by atomic mass is 16.5. The molecule has 4 heterocycles. The highest BCUT2D eigenvalue weighted by Gasteiger charge is 2.25. The van der Waals surface area contributed by atoms with E-state index in [0.29, 0.717) is 39.2 Å². The van der Waals surface area contributed by atoms with Crippen molar-refractivity contribution in [3.05, 3.63) is 79.4 Å². The van der Waals surface area contributed by atoms with Gasteiger partial charge in [0.25, 0.3) is 0 Å². The number of ether oxygens (including phenoxy) is 1. The van der Waals surface area contributed by atoms with E-state index >= 15 is 0 Å². The summed E-state index contributed by atoms with van der Waals surface area (Å²) in [7, 11) is 0. The molecule has 0 bridgehead atoms. The summed E-state index contributed by atoms with van der Waals surface area (Å²) in [4.78, 5) is 19.1. The maximum Gasteiger partial charge on any atom is 0.224 e. The fourth-order valence-corrected chi connectivity index (χ4v) is 4.83. The average Bonchev–Trinajstić information content (AvgIpc) is 3.54. The molecule has 0 N–H and O–H groups in total. The maximum atomic E-state index is 13.0. The Morgan fingerprint density at radius 2 is 1.97 bits per heavy atom. The van der Waals surface area contributed by atoms with Crippen molar-refractivity contribution >= 4 is 27.6 Å². The van der Waals surface area contributed by atoms with Gasteiger partial charge in [0, 0.05) is 61.1 Å². The first-order valence-electron chi connectivity index (χ1n) is 11.9. The van der Waals surface area contributed by atoms with E-state index in [2.05, 4.69) is 44.3 Å². The van der Waals surface area contributed by atoms with Crippen LogP contribution >= 0.6 is 0 Å². The average molecular weight is 467 g/mol. The fourth-order valence-electron chi connectivity index (χ4n) is 4.83. The molecule has 3 aromatic heterocycles. The lowest BCUT2D eigenvalue weighted by molar-refractivity contribution is -0.139. The number of benzene rings is 2. The second-order valence-corrected chi connectivity index (χ2v) is 8.88. The predicted molar refractivity (Wildman–Crippen MR) is 134 cm³/mol. The standard InChI is InChI=1S/C27H26N6O2/c34-27(10-13-31-12-9-20-4-1-2-7-26(20)31)32-14-15-35-22(17-32)18-33-19-25(29-30-33)24-6-3-5-21-16-28-11-8-23(21)24/h1-9,11-12,16,19,22H,10,13-15,17-18H2. The van der Waals surface area contributed by atoms with E-state index in [-0.39, 0.29) is 12.0 Å². The second kappa shape index (κ2) is 9.31. The number of hydrogen-bond donors (Lipinski definition) is 0. The van der Waals surface area contributed by atoms with Gasteiger partial charge in [0.2, 0.25) is 5.91 Å². The van der Waals surface area contributed by atoms with Crippen LogP contribution in [0.25, 0.3) is 32.9 Å². The summed E-state index contributed by atoms with van der Waals surface area (Å²) in [6, 6.07) is 18.4. The summed E-state index contributed by atoms with van der Waals surface area (Å²) >= 11 is 0. The Hall–Kier alpha value is -4.04. The summed E-state index contributed by atoms with van der Waals surface area (Å²) in [5.41, 5.74) is 2.99. The van der Waals surface area contributed by atoms with E-state index in [0.717, 1.165) is 27.5 Å². The monoisotopic (exact) mass is 466 g/mol. The number of carbonyl (C=O) groups is 1. The van der Waals surface area contributed by atoms with Gasteiger partial charge < -0.3 is 14.2 Å². The Morgan fingerprint density at radius 1 is 1.06 bits per heavy atom. The molecule has 8 nitrogen and oxygen atoms in total. The van der Waals surface area contributed by atoms with Crippen molar-refractivity contribution in [2.75, 3.05) is 19.7 Å². The normalized spacial score (nSPS) is 16.2. The summed E-state index contributed by atoms with van der Waals surface area (Å²) in [6.45, 7) is 2.92. The molecule has 1 amide bonds. The highest BCUT2D eigenvalue weighted by molar-refractivity contribution is 5.95. The van der Waals surface area contributed by atoms with Crippen LogP contribution in [-0.2, 0) is 22.6 Å². The maximum absolute atomic E-state index is 13.0. The van der Waals surface area contributed by atoms with Crippen molar-refractivity contribution < 1.29 is 9.53 Å². The molecular formula is C27H26N6O2. The quantitative estimate of drug-likeness (QED) is 0.381. The van der Waals surface area contributed by atoms with Crippen LogP contribution in [0.15, 0.2) is 79.4 Å². The van der Waals surface area contributed by atoms with Crippen LogP contribution in [0.1, 0.15) is 6.42 Å². The number of rotatable bonds is 6. The number of amides is 1. The molecule has 176 valence electrons. The molecule has 1 saturated heterocycles.